The topological polar surface area (TPSA) is 84.5 Å². The zero-order chi connectivity index (χ0) is 21.4. The number of nitrogens with one attached hydrogen (secondary N) is 2. The van der Waals surface area contributed by atoms with Gasteiger partial charge in [-0.15, -0.1) is 0 Å². The van der Waals surface area contributed by atoms with Crippen LogP contribution in [-0.2, 0) is 33.5 Å². The predicted molar refractivity (Wildman–Crippen MR) is 110 cm³/mol. The number of amides is 1. The number of benzene rings is 2. The average molecular weight is 423 g/mol. The van der Waals surface area contributed by atoms with Gasteiger partial charge in [-0.2, -0.15) is 0 Å². The van der Waals surface area contributed by atoms with Crippen molar-refractivity contribution in [2.75, 3.05) is 7.11 Å². The third-order valence-electron chi connectivity index (χ3n) is 4.14. The van der Waals surface area contributed by atoms with E-state index in [9.17, 15) is 17.6 Å². The molecule has 0 spiro atoms. The highest BCUT2D eigenvalue weighted by Gasteiger charge is 2.13. The maximum absolute atomic E-state index is 13.7. The zero-order valence-electron chi connectivity index (χ0n) is 16.9. The van der Waals surface area contributed by atoms with Crippen molar-refractivity contribution in [3.05, 3.63) is 65.0 Å². The third kappa shape index (κ3) is 7.83. The molecule has 158 valence electrons. The number of ether oxygens (including phenoxy) is 1. The molecule has 0 aliphatic heterocycles. The van der Waals surface area contributed by atoms with Gasteiger partial charge in [-0.05, 0) is 49.1 Å². The van der Waals surface area contributed by atoms with E-state index in [0.717, 1.165) is 11.1 Å². The molecule has 29 heavy (non-hydrogen) atoms. The van der Waals surface area contributed by atoms with Gasteiger partial charge in [-0.3, -0.25) is 4.79 Å². The van der Waals surface area contributed by atoms with Gasteiger partial charge in [0.2, 0.25) is 15.9 Å². The van der Waals surface area contributed by atoms with Crippen LogP contribution in [0.3, 0.4) is 0 Å². The summed E-state index contributed by atoms with van der Waals surface area (Å²) >= 11 is 0. The van der Waals surface area contributed by atoms with Gasteiger partial charge >= 0.3 is 0 Å². The second-order valence-corrected chi connectivity index (χ2v) is 8.85. The van der Waals surface area contributed by atoms with Crippen molar-refractivity contribution in [2.24, 2.45) is 0 Å². The highest BCUT2D eigenvalue weighted by molar-refractivity contribution is 7.88. The van der Waals surface area contributed by atoms with E-state index in [4.69, 9.17) is 4.74 Å². The molecule has 2 N–H and O–H groups in total. The van der Waals surface area contributed by atoms with E-state index >= 15 is 0 Å². The van der Waals surface area contributed by atoms with Gasteiger partial charge < -0.3 is 10.1 Å². The Morgan fingerprint density at radius 1 is 1.07 bits per heavy atom. The molecule has 8 heteroatoms. The standard InChI is InChI=1S/C21H27FN2O4S/c1-15(2)24-29(26,27)14-18-6-4-17(5-7-18)13-23-21(25)11-9-16-8-10-20(28-3)19(22)12-16/h4-8,10,12,15,24H,9,11,13-14H2,1-3H3,(H,23,25). The van der Waals surface area contributed by atoms with E-state index in [1.807, 2.05) is 0 Å². The van der Waals surface area contributed by atoms with Crippen LogP contribution in [0.4, 0.5) is 4.39 Å². The molecular formula is C21H27FN2O4S. The second kappa shape index (κ2) is 10.4. The SMILES string of the molecule is COc1ccc(CCC(=O)NCc2ccc(CS(=O)(=O)NC(C)C)cc2)cc1F. The quantitative estimate of drug-likeness (QED) is 0.617. The first kappa shape index (κ1) is 22.8. The van der Waals surface area contributed by atoms with Gasteiger partial charge in [0.1, 0.15) is 0 Å². The van der Waals surface area contributed by atoms with Crippen molar-refractivity contribution in [2.45, 2.75) is 45.0 Å². The van der Waals surface area contributed by atoms with E-state index in [0.29, 0.717) is 18.5 Å². The largest absolute Gasteiger partial charge is 0.494 e. The summed E-state index contributed by atoms with van der Waals surface area (Å²) in [4.78, 5) is 12.0. The number of carbonyl (C=O) groups excluding carboxylic acids is 1. The second-order valence-electron chi connectivity index (χ2n) is 7.09. The van der Waals surface area contributed by atoms with Gasteiger partial charge in [0, 0.05) is 19.0 Å². The summed E-state index contributed by atoms with van der Waals surface area (Å²) in [5.41, 5.74) is 2.26. The van der Waals surface area contributed by atoms with E-state index < -0.39 is 15.8 Å². The molecular weight excluding hydrogens is 395 g/mol. The summed E-state index contributed by atoms with van der Waals surface area (Å²) in [6.45, 7) is 3.88. The summed E-state index contributed by atoms with van der Waals surface area (Å²) in [6.07, 6.45) is 0.662. The number of sulfonamides is 1. The lowest BCUT2D eigenvalue weighted by Crippen LogP contribution is -2.31. The van der Waals surface area contributed by atoms with Crippen LogP contribution in [0.5, 0.6) is 5.75 Å². The fourth-order valence-electron chi connectivity index (χ4n) is 2.79. The monoisotopic (exact) mass is 422 g/mol. The molecule has 1 amide bonds. The highest BCUT2D eigenvalue weighted by atomic mass is 32.2. The summed E-state index contributed by atoms with van der Waals surface area (Å²) in [5, 5.41) is 2.81. The Morgan fingerprint density at radius 3 is 2.28 bits per heavy atom. The zero-order valence-corrected chi connectivity index (χ0v) is 17.7. The molecule has 2 rings (SSSR count). The van der Waals surface area contributed by atoms with Crippen LogP contribution >= 0.6 is 0 Å². The van der Waals surface area contributed by atoms with Crippen molar-refractivity contribution in [1.82, 2.24) is 10.0 Å². The van der Waals surface area contributed by atoms with Crippen molar-refractivity contribution >= 4 is 15.9 Å². The number of aryl methyl sites for hydroxylation is 1. The Bertz CT molecular complexity index is 928. The van der Waals surface area contributed by atoms with Crippen LogP contribution in [-0.4, -0.2) is 27.5 Å². The minimum Gasteiger partial charge on any atom is -0.494 e. The fraction of sp³-hybridized carbons (Fsp3) is 0.381. The Hall–Kier alpha value is -2.45. The maximum atomic E-state index is 13.7. The van der Waals surface area contributed by atoms with Crippen molar-refractivity contribution in [3.8, 4) is 5.75 Å². The van der Waals surface area contributed by atoms with Crippen LogP contribution < -0.4 is 14.8 Å². The van der Waals surface area contributed by atoms with E-state index in [1.165, 1.54) is 13.2 Å². The lowest BCUT2D eigenvalue weighted by atomic mass is 10.1. The number of hydrogen-bond donors (Lipinski definition) is 2. The van der Waals surface area contributed by atoms with Crippen LogP contribution in [0, 0.1) is 5.82 Å². The van der Waals surface area contributed by atoms with Crippen LogP contribution in [0.25, 0.3) is 0 Å². The highest BCUT2D eigenvalue weighted by Crippen LogP contribution is 2.18. The summed E-state index contributed by atoms with van der Waals surface area (Å²) in [6, 6.07) is 11.6. The van der Waals surface area contributed by atoms with Gasteiger partial charge in [0.05, 0.1) is 12.9 Å². The molecule has 6 nitrogen and oxygen atoms in total. The fourth-order valence-corrected chi connectivity index (χ4v) is 4.22. The Morgan fingerprint density at radius 2 is 1.69 bits per heavy atom. The normalized spacial score (nSPS) is 11.5. The first-order chi connectivity index (χ1) is 13.7. The molecule has 0 fully saturated rings. The molecule has 0 bridgehead atoms. The number of hydrogen-bond acceptors (Lipinski definition) is 4. The molecule has 0 saturated heterocycles. The van der Waals surface area contributed by atoms with Crippen LogP contribution in [0.2, 0.25) is 0 Å². The molecule has 0 saturated carbocycles. The number of carbonyl (C=O) groups is 1. The Labute approximate surface area is 171 Å². The molecule has 0 heterocycles. The van der Waals surface area contributed by atoms with Gasteiger partial charge in [0.15, 0.2) is 11.6 Å². The van der Waals surface area contributed by atoms with E-state index in [2.05, 4.69) is 10.0 Å². The van der Waals surface area contributed by atoms with Crippen molar-refractivity contribution in [3.63, 3.8) is 0 Å². The van der Waals surface area contributed by atoms with Crippen LogP contribution in [0.1, 0.15) is 37.0 Å². The molecule has 0 unspecified atom stereocenters. The number of methoxy groups -OCH3 is 1. The summed E-state index contributed by atoms with van der Waals surface area (Å²) in [5.74, 6) is -0.504. The number of halogens is 1. The van der Waals surface area contributed by atoms with Crippen molar-refractivity contribution < 1.29 is 22.3 Å². The molecule has 0 radical (unpaired) electrons. The van der Waals surface area contributed by atoms with Crippen molar-refractivity contribution in [1.29, 1.82) is 0 Å². The first-order valence-electron chi connectivity index (χ1n) is 9.35. The molecule has 2 aromatic rings. The lowest BCUT2D eigenvalue weighted by molar-refractivity contribution is -0.121. The maximum Gasteiger partial charge on any atom is 0.220 e. The van der Waals surface area contributed by atoms with Gasteiger partial charge in [-0.25, -0.2) is 17.5 Å². The number of rotatable bonds is 10. The first-order valence-corrected chi connectivity index (χ1v) is 11.0. The average Bonchev–Trinajstić information content (AvgIpc) is 2.64. The van der Waals surface area contributed by atoms with Crippen LogP contribution in [0.15, 0.2) is 42.5 Å². The molecule has 0 aliphatic carbocycles. The van der Waals surface area contributed by atoms with Gasteiger partial charge in [-0.1, -0.05) is 30.3 Å². The Balaban J connectivity index is 1.80. The predicted octanol–water partition coefficient (Wildman–Crippen LogP) is 2.91. The molecule has 0 atom stereocenters. The van der Waals surface area contributed by atoms with E-state index in [1.54, 1.807) is 50.2 Å². The minimum atomic E-state index is -3.37. The van der Waals surface area contributed by atoms with E-state index in [-0.39, 0.29) is 29.9 Å². The summed E-state index contributed by atoms with van der Waals surface area (Å²) in [7, 11) is -1.97. The summed E-state index contributed by atoms with van der Waals surface area (Å²) < 4.78 is 45.0. The smallest absolute Gasteiger partial charge is 0.220 e. The minimum absolute atomic E-state index is 0.0871. The molecule has 2 aromatic carbocycles. The third-order valence-corrected chi connectivity index (χ3v) is 5.69. The molecule has 0 aliphatic rings. The Kier molecular flexibility index (Phi) is 8.16. The molecule has 0 aromatic heterocycles. The van der Waals surface area contributed by atoms with Gasteiger partial charge in [0.25, 0.3) is 0 Å². The lowest BCUT2D eigenvalue weighted by Gasteiger charge is -2.10.